The molecule has 0 bridgehead atoms. The van der Waals surface area contributed by atoms with Gasteiger partial charge in [0, 0.05) is 34.4 Å². The van der Waals surface area contributed by atoms with Gasteiger partial charge in [0.1, 0.15) is 5.82 Å². The zero-order valence-corrected chi connectivity index (χ0v) is 17.3. The fourth-order valence-corrected chi connectivity index (χ4v) is 4.66. The van der Waals surface area contributed by atoms with Crippen molar-refractivity contribution < 1.29 is 4.79 Å². The number of nitrogens with one attached hydrogen (secondary N) is 1. The average Bonchev–Trinajstić information content (AvgIpc) is 3.22. The number of aromatic nitrogens is 2. The third-order valence-corrected chi connectivity index (χ3v) is 6.25. The van der Waals surface area contributed by atoms with Gasteiger partial charge in [-0.25, -0.2) is 9.78 Å². The van der Waals surface area contributed by atoms with Crippen LogP contribution < -0.4 is 10.2 Å². The number of hydrogen-bond donors (Lipinski definition) is 1. The van der Waals surface area contributed by atoms with Crippen molar-refractivity contribution in [2.75, 3.05) is 4.90 Å². The monoisotopic (exact) mass is 412 g/mol. The Kier molecular flexibility index (Phi) is 4.77. The van der Waals surface area contributed by atoms with Gasteiger partial charge in [-0.1, -0.05) is 48.2 Å². The molecular weight excluding hydrogens is 392 g/mol. The van der Waals surface area contributed by atoms with Crippen molar-refractivity contribution in [3.8, 4) is 5.69 Å². The maximum absolute atomic E-state index is 13.2. The summed E-state index contributed by atoms with van der Waals surface area (Å²) in [5.41, 5.74) is 3.91. The number of imidazole rings is 1. The number of fused-ring (bicyclic) bond motifs is 2. The molecule has 0 fully saturated rings. The molecule has 0 atom stereocenters. The first-order valence-corrected chi connectivity index (χ1v) is 10.6. The lowest BCUT2D eigenvalue weighted by molar-refractivity contribution is 0.248. The van der Waals surface area contributed by atoms with Crippen LogP contribution in [0.4, 0.5) is 16.2 Å². The van der Waals surface area contributed by atoms with Gasteiger partial charge in [0.2, 0.25) is 0 Å². The van der Waals surface area contributed by atoms with Gasteiger partial charge in [-0.3, -0.25) is 4.90 Å². The molecule has 0 unspecified atom stereocenters. The van der Waals surface area contributed by atoms with E-state index in [4.69, 9.17) is 0 Å². The van der Waals surface area contributed by atoms with Crippen molar-refractivity contribution >= 4 is 29.2 Å². The third kappa shape index (κ3) is 3.35. The number of urea groups is 1. The second-order valence-corrected chi connectivity index (χ2v) is 8.13. The van der Waals surface area contributed by atoms with Crippen LogP contribution >= 0.6 is 11.8 Å². The molecule has 0 saturated heterocycles. The standard InChI is InChI=1S/C24H20N4OS/c1-17-25-14-15-27(17)19-12-10-18(11-13-19)16-26-24(29)28-20-6-2-4-8-22(20)30-23-9-5-3-7-21(23)28/h2-15H,16H2,1H3,(H,26,29). The van der Waals surface area contributed by atoms with Crippen molar-refractivity contribution in [3.63, 3.8) is 0 Å². The number of anilines is 2. The SMILES string of the molecule is Cc1nccn1-c1ccc(CNC(=O)N2c3ccccc3Sc3ccccc32)cc1. The maximum atomic E-state index is 13.2. The fraction of sp³-hybridized carbons (Fsp3) is 0.0833. The topological polar surface area (TPSA) is 50.2 Å². The maximum Gasteiger partial charge on any atom is 0.326 e. The second-order valence-electron chi connectivity index (χ2n) is 7.04. The van der Waals surface area contributed by atoms with E-state index in [1.165, 1.54) is 0 Å². The highest BCUT2D eigenvalue weighted by molar-refractivity contribution is 7.99. The molecule has 5 nitrogen and oxygen atoms in total. The minimum Gasteiger partial charge on any atom is -0.333 e. The van der Waals surface area contributed by atoms with Crippen LogP contribution in [0, 0.1) is 6.92 Å². The first kappa shape index (κ1) is 18.5. The molecule has 3 aromatic carbocycles. The van der Waals surface area contributed by atoms with Crippen molar-refractivity contribution in [2.45, 2.75) is 23.3 Å². The summed E-state index contributed by atoms with van der Waals surface area (Å²) in [7, 11) is 0. The number of amides is 2. The largest absolute Gasteiger partial charge is 0.333 e. The van der Waals surface area contributed by atoms with Gasteiger partial charge in [-0.15, -0.1) is 0 Å². The molecule has 1 N–H and O–H groups in total. The Morgan fingerprint density at radius 2 is 1.57 bits per heavy atom. The van der Waals surface area contributed by atoms with Gasteiger partial charge in [-0.2, -0.15) is 0 Å². The Labute approximate surface area is 179 Å². The summed E-state index contributed by atoms with van der Waals surface area (Å²) in [5, 5.41) is 3.07. The van der Waals surface area contributed by atoms with Crippen LogP contribution in [-0.2, 0) is 6.54 Å². The van der Waals surface area contributed by atoms with Gasteiger partial charge >= 0.3 is 6.03 Å². The first-order chi connectivity index (χ1) is 14.7. The molecule has 2 heterocycles. The van der Waals surface area contributed by atoms with Gasteiger partial charge in [0.05, 0.1) is 11.4 Å². The van der Waals surface area contributed by atoms with E-state index in [9.17, 15) is 4.79 Å². The zero-order chi connectivity index (χ0) is 20.5. The van der Waals surface area contributed by atoms with Crippen LogP contribution in [-0.4, -0.2) is 15.6 Å². The van der Waals surface area contributed by atoms with Crippen LogP contribution in [0.3, 0.4) is 0 Å². The molecule has 148 valence electrons. The van der Waals surface area contributed by atoms with E-state index in [1.807, 2.05) is 90.5 Å². The van der Waals surface area contributed by atoms with E-state index in [0.717, 1.165) is 38.2 Å². The highest BCUT2D eigenvalue weighted by Crippen LogP contribution is 2.47. The highest BCUT2D eigenvalue weighted by Gasteiger charge is 2.27. The van der Waals surface area contributed by atoms with Crippen LogP contribution in [0.15, 0.2) is 95.0 Å². The third-order valence-electron chi connectivity index (χ3n) is 5.12. The minimum atomic E-state index is -0.135. The van der Waals surface area contributed by atoms with E-state index in [-0.39, 0.29) is 6.03 Å². The quantitative estimate of drug-likeness (QED) is 0.470. The normalized spacial score (nSPS) is 12.2. The van der Waals surface area contributed by atoms with E-state index in [2.05, 4.69) is 10.3 Å². The highest BCUT2D eigenvalue weighted by atomic mass is 32.2. The summed E-state index contributed by atoms with van der Waals surface area (Å²) >= 11 is 1.69. The van der Waals surface area contributed by atoms with E-state index >= 15 is 0 Å². The summed E-state index contributed by atoms with van der Waals surface area (Å²) in [4.78, 5) is 21.4. The number of nitrogens with zero attached hydrogens (tertiary/aromatic N) is 3. The van der Waals surface area contributed by atoms with E-state index in [0.29, 0.717) is 6.54 Å². The van der Waals surface area contributed by atoms with Crippen LogP contribution in [0.25, 0.3) is 5.69 Å². The summed E-state index contributed by atoms with van der Waals surface area (Å²) in [6.07, 6.45) is 3.73. The van der Waals surface area contributed by atoms with Crippen molar-refractivity contribution in [1.29, 1.82) is 0 Å². The van der Waals surface area contributed by atoms with Gasteiger partial charge in [0.25, 0.3) is 0 Å². The number of rotatable bonds is 3. The van der Waals surface area contributed by atoms with Crippen molar-refractivity contribution in [3.05, 3.63) is 96.6 Å². The average molecular weight is 413 g/mol. The molecule has 1 aromatic heterocycles. The Balaban J connectivity index is 1.36. The van der Waals surface area contributed by atoms with Crippen LogP contribution in [0.1, 0.15) is 11.4 Å². The summed E-state index contributed by atoms with van der Waals surface area (Å²) in [6, 6.07) is 24.0. The number of hydrogen-bond acceptors (Lipinski definition) is 3. The summed E-state index contributed by atoms with van der Waals surface area (Å²) in [6.45, 7) is 2.43. The number of benzene rings is 3. The van der Waals surface area contributed by atoms with E-state index < -0.39 is 0 Å². The molecule has 4 aromatic rings. The Bertz CT molecular complexity index is 1170. The van der Waals surface area contributed by atoms with Gasteiger partial charge < -0.3 is 9.88 Å². The predicted molar refractivity (Wildman–Crippen MR) is 120 cm³/mol. The molecule has 5 rings (SSSR count). The fourth-order valence-electron chi connectivity index (χ4n) is 3.61. The molecule has 0 saturated carbocycles. The Hall–Kier alpha value is -3.51. The van der Waals surface area contributed by atoms with Crippen LogP contribution in [0.5, 0.6) is 0 Å². The lowest BCUT2D eigenvalue weighted by Gasteiger charge is -2.31. The first-order valence-electron chi connectivity index (χ1n) is 9.74. The number of aryl methyl sites for hydroxylation is 1. The van der Waals surface area contributed by atoms with Gasteiger partial charge in [-0.05, 0) is 48.9 Å². The zero-order valence-electron chi connectivity index (χ0n) is 16.4. The molecule has 1 aliphatic heterocycles. The summed E-state index contributed by atoms with van der Waals surface area (Å²) in [5.74, 6) is 0.941. The molecule has 0 spiro atoms. The minimum absolute atomic E-state index is 0.135. The molecule has 0 aliphatic carbocycles. The molecule has 6 heteroatoms. The number of carbonyl (C=O) groups is 1. The summed E-state index contributed by atoms with van der Waals surface area (Å²) < 4.78 is 2.03. The van der Waals surface area contributed by atoms with E-state index in [1.54, 1.807) is 22.9 Å². The Morgan fingerprint density at radius 1 is 0.933 bits per heavy atom. The van der Waals surface area contributed by atoms with Crippen molar-refractivity contribution in [1.82, 2.24) is 14.9 Å². The molecule has 1 aliphatic rings. The lowest BCUT2D eigenvalue weighted by Crippen LogP contribution is -2.37. The van der Waals surface area contributed by atoms with Crippen LogP contribution in [0.2, 0.25) is 0 Å². The molecular formula is C24H20N4OS. The Morgan fingerprint density at radius 3 is 2.17 bits per heavy atom. The number of para-hydroxylation sites is 2. The smallest absolute Gasteiger partial charge is 0.326 e. The predicted octanol–water partition coefficient (Wildman–Crippen LogP) is 5.69. The number of carbonyl (C=O) groups excluding carboxylic acids is 1. The van der Waals surface area contributed by atoms with Gasteiger partial charge in [0.15, 0.2) is 0 Å². The molecule has 2 amide bonds. The lowest BCUT2D eigenvalue weighted by atomic mass is 10.2. The molecule has 0 radical (unpaired) electrons. The second kappa shape index (κ2) is 7.72. The van der Waals surface area contributed by atoms with Crippen molar-refractivity contribution in [2.24, 2.45) is 0 Å². The molecule has 30 heavy (non-hydrogen) atoms.